The lowest BCUT2D eigenvalue weighted by atomic mass is 9.99. The maximum Gasteiger partial charge on any atom is 0.335 e. The number of hydrogen-bond donors (Lipinski definition) is 2. The van der Waals surface area contributed by atoms with Gasteiger partial charge in [0.25, 0.3) is 5.91 Å². The number of carboxylic acid groups (broad SMARTS) is 1. The molecular formula is C31H35FN2O6. The molecule has 0 saturated carbocycles. The predicted octanol–water partition coefficient (Wildman–Crippen LogP) is 5.39. The summed E-state index contributed by atoms with van der Waals surface area (Å²) in [5, 5.41) is 12.4. The normalized spacial score (nSPS) is 14.0. The number of nitrogens with zero attached hydrogens (tertiary/aromatic N) is 1. The summed E-state index contributed by atoms with van der Waals surface area (Å²) in [4.78, 5) is 26.6. The van der Waals surface area contributed by atoms with Gasteiger partial charge in [0.15, 0.2) is 0 Å². The molecular weight excluding hydrogens is 515 g/mol. The number of ether oxygens (including phenoxy) is 3. The van der Waals surface area contributed by atoms with Gasteiger partial charge >= 0.3 is 5.97 Å². The molecule has 0 spiro atoms. The third-order valence-electron chi connectivity index (χ3n) is 6.84. The minimum absolute atomic E-state index is 0.00242. The molecule has 1 heterocycles. The monoisotopic (exact) mass is 550 g/mol. The summed E-state index contributed by atoms with van der Waals surface area (Å²) in [6, 6.07) is 14.6. The van der Waals surface area contributed by atoms with Gasteiger partial charge in [0, 0.05) is 31.2 Å². The first-order valence-electron chi connectivity index (χ1n) is 13.4. The summed E-state index contributed by atoms with van der Waals surface area (Å²) in [6.07, 6.45) is 1.51. The summed E-state index contributed by atoms with van der Waals surface area (Å²) in [6.45, 7) is 7.05. The first-order chi connectivity index (χ1) is 19.3. The van der Waals surface area contributed by atoms with E-state index < -0.39 is 5.97 Å². The Morgan fingerprint density at radius 3 is 2.10 bits per heavy atom. The predicted molar refractivity (Wildman–Crippen MR) is 150 cm³/mol. The second kappa shape index (κ2) is 13.3. The molecule has 1 aliphatic rings. The van der Waals surface area contributed by atoms with Gasteiger partial charge in [-0.05, 0) is 80.3 Å². The number of aromatic carboxylic acids is 1. The third kappa shape index (κ3) is 7.09. The SMILES string of the molecule is CCOc1cc(CN2CCC(NC(=O)c3cc(OC)cc(C(=O)O)c3)CC2)cc(OCC)c1-c1ccc(F)cc1. The van der Waals surface area contributed by atoms with Gasteiger partial charge in [-0.1, -0.05) is 12.1 Å². The second-order valence-corrected chi connectivity index (χ2v) is 9.62. The summed E-state index contributed by atoms with van der Waals surface area (Å²) in [7, 11) is 1.43. The van der Waals surface area contributed by atoms with E-state index in [1.165, 1.54) is 31.4 Å². The molecule has 2 N–H and O–H groups in total. The number of carboxylic acids is 1. The van der Waals surface area contributed by atoms with Crippen LogP contribution in [0.15, 0.2) is 54.6 Å². The smallest absolute Gasteiger partial charge is 0.335 e. The number of likely N-dealkylation sites (tertiary alicyclic amines) is 1. The van der Waals surface area contributed by atoms with E-state index in [1.54, 1.807) is 18.2 Å². The van der Waals surface area contributed by atoms with Gasteiger partial charge in [0.1, 0.15) is 23.1 Å². The van der Waals surface area contributed by atoms with Crippen molar-refractivity contribution in [3.8, 4) is 28.4 Å². The van der Waals surface area contributed by atoms with Crippen LogP contribution >= 0.6 is 0 Å². The molecule has 1 fully saturated rings. The number of benzene rings is 3. The maximum absolute atomic E-state index is 13.6. The Balaban J connectivity index is 1.44. The van der Waals surface area contributed by atoms with E-state index in [0.717, 1.165) is 42.6 Å². The van der Waals surface area contributed by atoms with Crippen molar-refractivity contribution in [1.29, 1.82) is 0 Å². The molecule has 4 rings (SSSR count). The molecule has 3 aromatic carbocycles. The third-order valence-corrected chi connectivity index (χ3v) is 6.84. The lowest BCUT2D eigenvalue weighted by Crippen LogP contribution is -2.44. The zero-order valence-electron chi connectivity index (χ0n) is 23.0. The fourth-order valence-electron chi connectivity index (χ4n) is 4.91. The molecule has 1 aliphatic heterocycles. The van der Waals surface area contributed by atoms with E-state index in [1.807, 2.05) is 26.0 Å². The molecule has 0 unspecified atom stereocenters. The number of carbonyl (C=O) groups excluding carboxylic acids is 1. The molecule has 0 bridgehead atoms. The van der Waals surface area contributed by atoms with E-state index in [9.17, 15) is 19.1 Å². The van der Waals surface area contributed by atoms with E-state index >= 15 is 0 Å². The van der Waals surface area contributed by atoms with Crippen molar-refractivity contribution < 1.29 is 33.3 Å². The number of piperidine rings is 1. The first-order valence-corrected chi connectivity index (χ1v) is 13.4. The largest absolute Gasteiger partial charge is 0.497 e. The van der Waals surface area contributed by atoms with E-state index in [-0.39, 0.29) is 28.9 Å². The fraction of sp³-hybridized carbons (Fsp3) is 0.355. The molecule has 0 atom stereocenters. The van der Waals surface area contributed by atoms with Gasteiger partial charge < -0.3 is 24.6 Å². The zero-order chi connectivity index (χ0) is 28.6. The van der Waals surface area contributed by atoms with Gasteiger partial charge in [0.2, 0.25) is 0 Å². The molecule has 9 heteroatoms. The minimum Gasteiger partial charge on any atom is -0.497 e. The van der Waals surface area contributed by atoms with Crippen LogP contribution < -0.4 is 19.5 Å². The number of methoxy groups -OCH3 is 1. The van der Waals surface area contributed by atoms with E-state index in [0.29, 0.717) is 37.0 Å². The van der Waals surface area contributed by atoms with Crippen LogP contribution in [-0.4, -0.2) is 61.3 Å². The van der Waals surface area contributed by atoms with Crippen LogP contribution in [-0.2, 0) is 6.54 Å². The van der Waals surface area contributed by atoms with Crippen LogP contribution in [0.2, 0.25) is 0 Å². The molecule has 40 heavy (non-hydrogen) atoms. The van der Waals surface area contributed by atoms with Gasteiger partial charge in [-0.25, -0.2) is 9.18 Å². The van der Waals surface area contributed by atoms with E-state index in [2.05, 4.69) is 10.2 Å². The summed E-state index contributed by atoms with van der Waals surface area (Å²) < 4.78 is 30.7. The average molecular weight is 551 g/mol. The Bertz CT molecular complexity index is 1310. The van der Waals surface area contributed by atoms with Gasteiger partial charge in [-0.3, -0.25) is 9.69 Å². The highest BCUT2D eigenvalue weighted by atomic mass is 19.1. The van der Waals surface area contributed by atoms with Crippen LogP contribution in [0.5, 0.6) is 17.2 Å². The number of carbonyl (C=O) groups is 2. The lowest BCUT2D eigenvalue weighted by Gasteiger charge is -2.32. The van der Waals surface area contributed by atoms with Crippen LogP contribution in [0.25, 0.3) is 11.1 Å². The highest BCUT2D eigenvalue weighted by Crippen LogP contribution is 2.40. The molecule has 0 aromatic heterocycles. The minimum atomic E-state index is -1.12. The highest BCUT2D eigenvalue weighted by molar-refractivity contribution is 5.98. The molecule has 0 aliphatic carbocycles. The van der Waals surface area contributed by atoms with Crippen LogP contribution in [0.4, 0.5) is 4.39 Å². The lowest BCUT2D eigenvalue weighted by molar-refractivity contribution is 0.0696. The first kappa shape index (κ1) is 28.9. The van der Waals surface area contributed by atoms with Crippen molar-refractivity contribution in [3.05, 3.63) is 77.1 Å². The van der Waals surface area contributed by atoms with Gasteiger partial charge in [-0.15, -0.1) is 0 Å². The maximum atomic E-state index is 13.6. The second-order valence-electron chi connectivity index (χ2n) is 9.62. The summed E-state index contributed by atoms with van der Waals surface area (Å²) in [5.41, 5.74) is 2.92. The molecule has 0 radical (unpaired) electrons. The van der Waals surface area contributed by atoms with Crippen LogP contribution in [0.3, 0.4) is 0 Å². The molecule has 212 valence electrons. The molecule has 1 saturated heterocycles. The Hall–Kier alpha value is -4.11. The van der Waals surface area contributed by atoms with Crippen LogP contribution in [0, 0.1) is 5.82 Å². The Morgan fingerprint density at radius 1 is 0.950 bits per heavy atom. The number of hydrogen-bond acceptors (Lipinski definition) is 6. The number of rotatable bonds is 11. The molecule has 3 aromatic rings. The molecule has 1 amide bonds. The van der Waals surface area contributed by atoms with Crippen molar-refractivity contribution >= 4 is 11.9 Å². The van der Waals surface area contributed by atoms with Crippen molar-refractivity contribution in [1.82, 2.24) is 10.2 Å². The Kier molecular flexibility index (Phi) is 9.60. The zero-order valence-corrected chi connectivity index (χ0v) is 23.0. The van der Waals surface area contributed by atoms with Crippen molar-refractivity contribution in [2.24, 2.45) is 0 Å². The van der Waals surface area contributed by atoms with Crippen molar-refractivity contribution in [2.75, 3.05) is 33.4 Å². The van der Waals surface area contributed by atoms with E-state index in [4.69, 9.17) is 14.2 Å². The number of nitrogens with one attached hydrogen (secondary N) is 1. The standard InChI is InChI=1S/C31H35FN2O6/c1-4-39-27-14-20(15-28(40-5-2)29(27)21-6-8-24(32)9-7-21)19-34-12-10-25(11-13-34)33-30(35)22-16-23(31(36)37)18-26(17-22)38-3/h6-9,14-18,25H,4-5,10-13,19H2,1-3H3,(H,33,35)(H,36,37). The van der Waals surface area contributed by atoms with Crippen molar-refractivity contribution in [2.45, 2.75) is 39.3 Å². The molecule has 8 nitrogen and oxygen atoms in total. The Labute approximate surface area is 233 Å². The van der Waals surface area contributed by atoms with Crippen LogP contribution in [0.1, 0.15) is 53.0 Å². The summed E-state index contributed by atoms with van der Waals surface area (Å²) in [5.74, 6) is -0.0362. The average Bonchev–Trinajstić information content (AvgIpc) is 2.95. The van der Waals surface area contributed by atoms with Gasteiger partial charge in [-0.2, -0.15) is 0 Å². The summed E-state index contributed by atoms with van der Waals surface area (Å²) >= 11 is 0. The Morgan fingerprint density at radius 2 is 1.55 bits per heavy atom. The topological polar surface area (TPSA) is 97.3 Å². The number of amides is 1. The number of halogens is 1. The van der Waals surface area contributed by atoms with Crippen molar-refractivity contribution in [3.63, 3.8) is 0 Å². The fourth-order valence-corrected chi connectivity index (χ4v) is 4.91. The highest BCUT2D eigenvalue weighted by Gasteiger charge is 2.23. The van der Waals surface area contributed by atoms with Gasteiger partial charge in [0.05, 0.1) is 31.5 Å². The quantitative estimate of drug-likeness (QED) is 0.330.